The summed E-state index contributed by atoms with van der Waals surface area (Å²) in [6.07, 6.45) is 4.53. The summed E-state index contributed by atoms with van der Waals surface area (Å²) < 4.78 is 10.9. The summed E-state index contributed by atoms with van der Waals surface area (Å²) >= 11 is 0. The molecule has 0 radical (unpaired) electrons. The zero-order valence-corrected chi connectivity index (χ0v) is 15.1. The number of nitrogens with zero attached hydrogens (tertiary/aromatic N) is 2. The summed E-state index contributed by atoms with van der Waals surface area (Å²) in [4.78, 5) is 18.8. The molecule has 1 unspecified atom stereocenters. The third-order valence-electron chi connectivity index (χ3n) is 5.21. The molecule has 1 fully saturated rings. The van der Waals surface area contributed by atoms with Gasteiger partial charge in [0.15, 0.2) is 0 Å². The van der Waals surface area contributed by atoms with E-state index in [1.807, 2.05) is 18.2 Å². The average molecular weight is 353 g/mol. The van der Waals surface area contributed by atoms with E-state index >= 15 is 0 Å². The van der Waals surface area contributed by atoms with Gasteiger partial charge in [0.05, 0.1) is 19.9 Å². The number of benzene rings is 1. The standard InChI is InChI=1S/C20H23N3O3/c1-25-18-12-16-15(10-17(18)23-7-3-4-8-23)14(11-19(24)22-16)13-5-6-21-20(9-13)26-2/h5-6,9-10,12,14H,3-4,7-8,11H2,1-2H3,(H,22,24). The van der Waals surface area contributed by atoms with Gasteiger partial charge < -0.3 is 19.7 Å². The van der Waals surface area contributed by atoms with Crippen LogP contribution in [0.4, 0.5) is 11.4 Å². The van der Waals surface area contributed by atoms with Crippen LogP contribution in [0.2, 0.25) is 0 Å². The number of hydrogen-bond donors (Lipinski definition) is 1. The number of carbonyl (C=O) groups is 1. The Labute approximate surface area is 153 Å². The molecule has 2 aromatic rings. The van der Waals surface area contributed by atoms with Gasteiger partial charge in [-0.1, -0.05) is 0 Å². The molecule has 1 aromatic heterocycles. The van der Waals surface area contributed by atoms with Crippen LogP contribution in [-0.2, 0) is 4.79 Å². The molecule has 0 spiro atoms. The number of ether oxygens (including phenoxy) is 2. The highest BCUT2D eigenvalue weighted by Gasteiger charge is 2.30. The number of aromatic nitrogens is 1. The minimum Gasteiger partial charge on any atom is -0.495 e. The molecule has 6 heteroatoms. The normalized spacial score (nSPS) is 19.1. The summed E-state index contributed by atoms with van der Waals surface area (Å²) in [5.41, 5.74) is 4.07. The molecule has 2 aliphatic heterocycles. The first kappa shape index (κ1) is 16.7. The molecule has 0 saturated carbocycles. The van der Waals surface area contributed by atoms with Crippen molar-refractivity contribution >= 4 is 17.3 Å². The molecule has 3 heterocycles. The lowest BCUT2D eigenvalue weighted by Gasteiger charge is -2.29. The van der Waals surface area contributed by atoms with E-state index in [9.17, 15) is 4.79 Å². The molecule has 1 amide bonds. The second-order valence-electron chi connectivity index (χ2n) is 6.74. The zero-order valence-electron chi connectivity index (χ0n) is 15.1. The minimum absolute atomic E-state index is 0.00857. The van der Waals surface area contributed by atoms with E-state index in [4.69, 9.17) is 9.47 Å². The van der Waals surface area contributed by atoms with Gasteiger partial charge >= 0.3 is 0 Å². The summed E-state index contributed by atoms with van der Waals surface area (Å²) in [5, 5.41) is 3.00. The van der Waals surface area contributed by atoms with Gasteiger partial charge in [0.25, 0.3) is 0 Å². The first-order valence-corrected chi connectivity index (χ1v) is 8.96. The highest BCUT2D eigenvalue weighted by molar-refractivity contribution is 5.96. The molecule has 1 N–H and O–H groups in total. The van der Waals surface area contributed by atoms with E-state index in [1.165, 1.54) is 12.8 Å². The summed E-state index contributed by atoms with van der Waals surface area (Å²) in [6.45, 7) is 2.07. The summed E-state index contributed by atoms with van der Waals surface area (Å²) in [7, 11) is 3.28. The first-order chi connectivity index (χ1) is 12.7. The molecule has 1 saturated heterocycles. The summed E-state index contributed by atoms with van der Waals surface area (Å²) in [6, 6.07) is 7.99. The van der Waals surface area contributed by atoms with Crippen LogP contribution in [0, 0.1) is 0 Å². The van der Waals surface area contributed by atoms with Crippen LogP contribution in [0.25, 0.3) is 0 Å². The molecular weight excluding hydrogens is 330 g/mol. The van der Waals surface area contributed by atoms with E-state index < -0.39 is 0 Å². The first-order valence-electron chi connectivity index (χ1n) is 8.96. The van der Waals surface area contributed by atoms with E-state index in [0.717, 1.165) is 41.3 Å². The molecule has 136 valence electrons. The fraction of sp³-hybridized carbons (Fsp3) is 0.400. The predicted octanol–water partition coefficient (Wildman–Crippen LogP) is 3.17. The Hall–Kier alpha value is -2.76. The molecule has 0 bridgehead atoms. The molecule has 4 rings (SSSR count). The van der Waals surface area contributed by atoms with Gasteiger partial charge in [0, 0.05) is 49.4 Å². The molecule has 6 nitrogen and oxygen atoms in total. The second kappa shape index (κ2) is 6.86. The Kier molecular flexibility index (Phi) is 4.41. The molecule has 0 aliphatic carbocycles. The van der Waals surface area contributed by atoms with Crippen molar-refractivity contribution in [2.45, 2.75) is 25.2 Å². The van der Waals surface area contributed by atoms with Crippen molar-refractivity contribution in [1.29, 1.82) is 0 Å². The lowest BCUT2D eigenvalue weighted by atomic mass is 9.84. The van der Waals surface area contributed by atoms with Crippen LogP contribution in [-0.4, -0.2) is 38.2 Å². The number of rotatable bonds is 4. The Balaban J connectivity index is 1.81. The highest BCUT2D eigenvalue weighted by atomic mass is 16.5. The average Bonchev–Trinajstić information content (AvgIpc) is 3.21. The van der Waals surface area contributed by atoms with Crippen molar-refractivity contribution in [3.05, 3.63) is 41.6 Å². The molecule has 2 aliphatic rings. The highest BCUT2D eigenvalue weighted by Crippen LogP contribution is 2.44. The topological polar surface area (TPSA) is 63.7 Å². The number of carbonyl (C=O) groups excluding carboxylic acids is 1. The third kappa shape index (κ3) is 2.96. The number of fused-ring (bicyclic) bond motifs is 1. The number of anilines is 2. The lowest BCUT2D eigenvalue weighted by Crippen LogP contribution is -2.25. The van der Waals surface area contributed by atoms with E-state index in [-0.39, 0.29) is 11.8 Å². The molecular formula is C20H23N3O3. The van der Waals surface area contributed by atoms with Crippen molar-refractivity contribution in [3.8, 4) is 11.6 Å². The maximum atomic E-state index is 12.3. The number of nitrogens with one attached hydrogen (secondary N) is 1. The lowest BCUT2D eigenvalue weighted by molar-refractivity contribution is -0.116. The van der Waals surface area contributed by atoms with Crippen LogP contribution >= 0.6 is 0 Å². The fourth-order valence-corrected chi connectivity index (χ4v) is 3.90. The van der Waals surface area contributed by atoms with Crippen molar-refractivity contribution in [1.82, 2.24) is 4.98 Å². The van der Waals surface area contributed by atoms with Crippen molar-refractivity contribution in [2.24, 2.45) is 0 Å². The molecule has 1 aromatic carbocycles. The predicted molar refractivity (Wildman–Crippen MR) is 100 cm³/mol. The maximum absolute atomic E-state index is 12.3. The van der Waals surface area contributed by atoms with Crippen molar-refractivity contribution < 1.29 is 14.3 Å². The number of hydrogen-bond acceptors (Lipinski definition) is 5. The van der Waals surface area contributed by atoms with Gasteiger partial charge in [0.1, 0.15) is 5.75 Å². The quantitative estimate of drug-likeness (QED) is 0.915. The SMILES string of the molecule is COc1cc(C2CC(=O)Nc3cc(OC)c(N4CCCC4)cc32)ccn1. The number of amides is 1. The van der Waals surface area contributed by atoms with Gasteiger partial charge in [-0.3, -0.25) is 4.79 Å². The third-order valence-corrected chi connectivity index (χ3v) is 5.21. The van der Waals surface area contributed by atoms with E-state index in [0.29, 0.717) is 12.3 Å². The monoisotopic (exact) mass is 353 g/mol. The molecule has 1 atom stereocenters. The second-order valence-corrected chi connectivity index (χ2v) is 6.74. The Bertz CT molecular complexity index is 831. The van der Waals surface area contributed by atoms with Gasteiger partial charge in [-0.2, -0.15) is 0 Å². The van der Waals surface area contributed by atoms with Crippen LogP contribution in [0.1, 0.15) is 36.3 Å². The van der Waals surface area contributed by atoms with Gasteiger partial charge in [-0.25, -0.2) is 4.98 Å². The van der Waals surface area contributed by atoms with Crippen LogP contribution in [0.5, 0.6) is 11.6 Å². The Morgan fingerprint density at radius 3 is 2.69 bits per heavy atom. The number of methoxy groups -OCH3 is 2. The van der Waals surface area contributed by atoms with Gasteiger partial charge in [-0.05, 0) is 36.1 Å². The van der Waals surface area contributed by atoms with Gasteiger partial charge in [0.2, 0.25) is 11.8 Å². The van der Waals surface area contributed by atoms with Crippen LogP contribution < -0.4 is 19.7 Å². The molecule has 26 heavy (non-hydrogen) atoms. The van der Waals surface area contributed by atoms with Crippen molar-refractivity contribution in [3.63, 3.8) is 0 Å². The number of pyridine rings is 1. The smallest absolute Gasteiger partial charge is 0.225 e. The van der Waals surface area contributed by atoms with E-state index in [2.05, 4.69) is 21.3 Å². The summed E-state index contributed by atoms with van der Waals surface area (Å²) in [5.74, 6) is 1.35. The Morgan fingerprint density at radius 2 is 1.96 bits per heavy atom. The largest absolute Gasteiger partial charge is 0.495 e. The maximum Gasteiger partial charge on any atom is 0.225 e. The Morgan fingerprint density at radius 1 is 1.15 bits per heavy atom. The van der Waals surface area contributed by atoms with Crippen molar-refractivity contribution in [2.75, 3.05) is 37.5 Å². The fourth-order valence-electron chi connectivity index (χ4n) is 3.90. The zero-order chi connectivity index (χ0) is 18.1. The van der Waals surface area contributed by atoms with Gasteiger partial charge in [-0.15, -0.1) is 0 Å². The van der Waals surface area contributed by atoms with E-state index in [1.54, 1.807) is 20.4 Å². The minimum atomic E-state index is -0.0251. The van der Waals surface area contributed by atoms with Crippen LogP contribution in [0.15, 0.2) is 30.5 Å². The van der Waals surface area contributed by atoms with Crippen LogP contribution in [0.3, 0.4) is 0 Å².